The van der Waals surface area contributed by atoms with Gasteiger partial charge in [0.2, 0.25) is 5.82 Å². The number of ether oxygens (including phenoxy) is 1. The highest BCUT2D eigenvalue weighted by Crippen LogP contribution is 2.22. The van der Waals surface area contributed by atoms with Gasteiger partial charge in [-0.25, -0.2) is 23.2 Å². The first-order valence-electron chi connectivity index (χ1n) is 8.43. The Morgan fingerprint density at radius 2 is 1.60 bits per heavy atom. The third kappa shape index (κ3) is 4.52. The fourth-order valence-corrected chi connectivity index (χ4v) is 3.52. The molecule has 0 aliphatic carbocycles. The van der Waals surface area contributed by atoms with Crippen molar-refractivity contribution in [2.75, 3.05) is 17.1 Å². The van der Waals surface area contributed by atoms with Crippen LogP contribution in [0, 0.1) is 0 Å². The van der Waals surface area contributed by atoms with Gasteiger partial charge in [0.15, 0.2) is 0 Å². The number of benzene rings is 2. The third-order valence-corrected chi connectivity index (χ3v) is 5.27. The summed E-state index contributed by atoms with van der Waals surface area (Å²) in [5, 5.41) is 11.7. The number of aromatic carboxylic acids is 1. The van der Waals surface area contributed by atoms with E-state index in [1.165, 1.54) is 62.0 Å². The molecule has 3 N–H and O–H groups in total. The number of nitrogens with one attached hydrogen (secondary N) is 2. The van der Waals surface area contributed by atoms with Crippen LogP contribution in [0.25, 0.3) is 0 Å². The summed E-state index contributed by atoms with van der Waals surface area (Å²) in [7, 11) is -2.65. The Morgan fingerprint density at radius 3 is 2.23 bits per heavy atom. The van der Waals surface area contributed by atoms with Crippen molar-refractivity contribution in [1.82, 2.24) is 9.97 Å². The zero-order valence-corrected chi connectivity index (χ0v) is 16.4. The van der Waals surface area contributed by atoms with Crippen molar-refractivity contribution in [2.45, 2.75) is 4.90 Å². The Labute approximate surface area is 171 Å². The highest BCUT2D eigenvalue weighted by atomic mass is 32.2. The van der Waals surface area contributed by atoms with Crippen molar-refractivity contribution in [3.8, 4) is 5.88 Å². The van der Waals surface area contributed by atoms with E-state index in [4.69, 9.17) is 4.74 Å². The topological polar surface area (TPSA) is 148 Å². The van der Waals surface area contributed by atoms with Crippen molar-refractivity contribution in [3.63, 3.8) is 0 Å². The van der Waals surface area contributed by atoms with Crippen molar-refractivity contribution in [3.05, 3.63) is 72.1 Å². The predicted octanol–water partition coefficient (Wildman–Crippen LogP) is 2.24. The Hall–Kier alpha value is -3.99. The van der Waals surface area contributed by atoms with Crippen LogP contribution in [0.15, 0.2) is 65.8 Å². The molecule has 1 amide bonds. The van der Waals surface area contributed by atoms with E-state index in [0.29, 0.717) is 0 Å². The van der Waals surface area contributed by atoms with Gasteiger partial charge in [-0.2, -0.15) is 0 Å². The molecule has 11 heteroatoms. The summed E-state index contributed by atoms with van der Waals surface area (Å²) < 4.78 is 32.4. The lowest BCUT2D eigenvalue weighted by Gasteiger charge is -2.11. The van der Waals surface area contributed by atoms with Crippen LogP contribution in [-0.4, -0.2) is 42.5 Å². The minimum absolute atomic E-state index is 0.0156. The second-order valence-electron chi connectivity index (χ2n) is 5.85. The summed E-state index contributed by atoms with van der Waals surface area (Å²) in [6, 6.07) is 11.1. The number of anilines is 2. The molecule has 0 radical (unpaired) electrons. The van der Waals surface area contributed by atoms with Crippen molar-refractivity contribution in [1.29, 1.82) is 0 Å². The van der Waals surface area contributed by atoms with Crippen LogP contribution < -0.4 is 14.8 Å². The lowest BCUT2D eigenvalue weighted by Crippen LogP contribution is -2.17. The number of rotatable bonds is 7. The maximum absolute atomic E-state index is 12.6. The summed E-state index contributed by atoms with van der Waals surface area (Å²) in [6.45, 7) is 0. The summed E-state index contributed by atoms with van der Waals surface area (Å²) in [6.07, 6.45) is 2.67. The molecule has 0 unspecified atom stereocenters. The summed E-state index contributed by atoms with van der Waals surface area (Å²) >= 11 is 0. The molecule has 0 atom stereocenters. The quantitative estimate of drug-likeness (QED) is 0.519. The summed E-state index contributed by atoms with van der Waals surface area (Å²) in [4.78, 5) is 31.3. The second kappa shape index (κ2) is 8.57. The average molecular weight is 428 g/mol. The highest BCUT2D eigenvalue weighted by Gasteiger charge is 2.19. The molecule has 0 spiro atoms. The van der Waals surface area contributed by atoms with Crippen LogP contribution in [0.2, 0.25) is 0 Å². The van der Waals surface area contributed by atoms with E-state index < -0.39 is 21.9 Å². The summed E-state index contributed by atoms with van der Waals surface area (Å²) in [5.74, 6) is -1.91. The van der Waals surface area contributed by atoms with E-state index >= 15 is 0 Å². The van der Waals surface area contributed by atoms with Crippen LogP contribution in [0.3, 0.4) is 0 Å². The molecule has 10 nitrogen and oxygen atoms in total. The van der Waals surface area contributed by atoms with E-state index in [1.54, 1.807) is 6.07 Å². The van der Waals surface area contributed by atoms with Gasteiger partial charge in [0, 0.05) is 18.1 Å². The van der Waals surface area contributed by atoms with Gasteiger partial charge in [-0.15, -0.1) is 0 Å². The molecular formula is C19H16N4O6S. The van der Waals surface area contributed by atoms with E-state index in [-0.39, 0.29) is 33.4 Å². The first-order chi connectivity index (χ1) is 14.3. The van der Waals surface area contributed by atoms with Crippen LogP contribution >= 0.6 is 0 Å². The number of hydrogen-bond acceptors (Lipinski definition) is 7. The van der Waals surface area contributed by atoms with E-state index in [1.807, 2.05) is 0 Å². The van der Waals surface area contributed by atoms with Crippen molar-refractivity contribution in [2.24, 2.45) is 0 Å². The molecule has 0 fully saturated rings. The number of amides is 1. The average Bonchev–Trinajstić information content (AvgIpc) is 2.74. The van der Waals surface area contributed by atoms with Gasteiger partial charge in [-0.1, -0.05) is 12.1 Å². The second-order valence-corrected chi connectivity index (χ2v) is 7.53. The molecule has 0 saturated heterocycles. The van der Waals surface area contributed by atoms with Crippen molar-refractivity contribution < 1.29 is 27.9 Å². The third-order valence-electron chi connectivity index (χ3n) is 3.91. The van der Waals surface area contributed by atoms with E-state index in [9.17, 15) is 23.1 Å². The molecule has 1 aromatic heterocycles. The molecule has 3 rings (SSSR count). The number of carboxylic acid groups (broad SMARTS) is 1. The SMILES string of the molecule is COc1nccnc1NS(=O)(=O)c1ccc(NC(=O)c2ccccc2C(=O)O)cc1. The lowest BCUT2D eigenvalue weighted by atomic mass is 10.1. The Morgan fingerprint density at radius 1 is 0.967 bits per heavy atom. The monoisotopic (exact) mass is 428 g/mol. The van der Waals surface area contributed by atoms with Crippen LogP contribution in [0.4, 0.5) is 11.5 Å². The number of carbonyl (C=O) groups excluding carboxylic acids is 1. The number of nitrogens with zero attached hydrogens (tertiary/aromatic N) is 2. The van der Waals surface area contributed by atoms with Gasteiger partial charge in [-0.3, -0.25) is 9.52 Å². The number of sulfonamides is 1. The fraction of sp³-hybridized carbons (Fsp3) is 0.0526. The number of carbonyl (C=O) groups is 2. The minimum atomic E-state index is -3.98. The Balaban J connectivity index is 1.78. The normalized spacial score (nSPS) is 10.8. The van der Waals surface area contributed by atoms with Crippen molar-refractivity contribution >= 4 is 33.4 Å². The largest absolute Gasteiger partial charge is 0.478 e. The van der Waals surface area contributed by atoms with Gasteiger partial charge in [0.05, 0.1) is 23.1 Å². The molecule has 2 aromatic carbocycles. The predicted molar refractivity (Wildman–Crippen MR) is 107 cm³/mol. The zero-order chi connectivity index (χ0) is 21.7. The minimum Gasteiger partial charge on any atom is -0.478 e. The van der Waals surface area contributed by atoms with Gasteiger partial charge in [0.1, 0.15) is 0 Å². The maximum atomic E-state index is 12.6. The smallest absolute Gasteiger partial charge is 0.336 e. The molecule has 154 valence electrons. The van der Waals surface area contributed by atoms with Gasteiger partial charge in [0.25, 0.3) is 21.8 Å². The molecule has 0 saturated carbocycles. The van der Waals surface area contributed by atoms with E-state index in [0.717, 1.165) is 0 Å². The number of aromatic nitrogens is 2. The zero-order valence-electron chi connectivity index (χ0n) is 15.6. The molecule has 0 aliphatic heterocycles. The van der Waals surface area contributed by atoms with Gasteiger partial charge >= 0.3 is 5.97 Å². The van der Waals surface area contributed by atoms with Crippen LogP contribution in [0.5, 0.6) is 5.88 Å². The van der Waals surface area contributed by atoms with Gasteiger partial charge < -0.3 is 15.2 Å². The van der Waals surface area contributed by atoms with Crippen LogP contribution in [0.1, 0.15) is 20.7 Å². The number of methoxy groups -OCH3 is 1. The Bertz CT molecular complexity index is 1200. The summed E-state index contributed by atoms with van der Waals surface area (Å²) in [5.41, 5.74) is 0.130. The van der Waals surface area contributed by atoms with Crippen LogP contribution in [-0.2, 0) is 10.0 Å². The number of carboxylic acids is 1. The Kier molecular flexibility index (Phi) is 5.93. The molecule has 0 aliphatic rings. The fourth-order valence-electron chi connectivity index (χ4n) is 2.51. The molecule has 0 bridgehead atoms. The van der Waals surface area contributed by atoms with Gasteiger partial charge in [-0.05, 0) is 36.4 Å². The highest BCUT2D eigenvalue weighted by molar-refractivity contribution is 7.92. The number of hydrogen-bond donors (Lipinski definition) is 3. The maximum Gasteiger partial charge on any atom is 0.336 e. The van der Waals surface area contributed by atoms with E-state index in [2.05, 4.69) is 20.0 Å². The lowest BCUT2D eigenvalue weighted by molar-refractivity contribution is 0.0692. The first kappa shape index (κ1) is 20.7. The molecule has 30 heavy (non-hydrogen) atoms. The first-order valence-corrected chi connectivity index (χ1v) is 9.91. The standard InChI is InChI=1S/C19H16N4O6S/c1-29-18-16(20-10-11-21-18)23-30(27,28)13-8-6-12(7-9-13)22-17(24)14-4-2-3-5-15(14)19(25)26/h2-11H,1H3,(H,20,23)(H,22,24)(H,25,26). The molecule has 1 heterocycles. The molecule has 3 aromatic rings. The molecular weight excluding hydrogens is 412 g/mol.